The van der Waals surface area contributed by atoms with E-state index in [4.69, 9.17) is 4.74 Å². The van der Waals surface area contributed by atoms with Crippen molar-refractivity contribution in [1.29, 1.82) is 0 Å². The fraction of sp³-hybridized carbons (Fsp3) is 0.500. The predicted molar refractivity (Wildman–Crippen MR) is 54.9 cm³/mol. The number of carbonyl (C=O) groups is 1. The molecule has 0 atom stereocenters. The summed E-state index contributed by atoms with van der Waals surface area (Å²) in [7, 11) is 1.78. The quantitative estimate of drug-likeness (QED) is 0.731. The SMILES string of the molecule is CNn1ccc(C(=O)OC(C)(C)C)c1. The summed E-state index contributed by atoms with van der Waals surface area (Å²) in [4.78, 5) is 11.5. The third-order valence-electron chi connectivity index (χ3n) is 1.59. The van der Waals surface area contributed by atoms with Gasteiger partial charge in [0.25, 0.3) is 0 Å². The van der Waals surface area contributed by atoms with Crippen LogP contribution in [0.1, 0.15) is 31.1 Å². The van der Waals surface area contributed by atoms with Gasteiger partial charge in [-0.15, -0.1) is 0 Å². The molecule has 1 aromatic heterocycles. The number of nitrogens with one attached hydrogen (secondary N) is 1. The summed E-state index contributed by atoms with van der Waals surface area (Å²) in [6.07, 6.45) is 3.45. The molecule has 1 rings (SSSR count). The van der Waals surface area contributed by atoms with Gasteiger partial charge in [0.05, 0.1) is 5.56 Å². The molecule has 0 bridgehead atoms. The molecule has 1 heterocycles. The Hall–Kier alpha value is -1.45. The summed E-state index contributed by atoms with van der Waals surface area (Å²) >= 11 is 0. The average Bonchev–Trinajstić information content (AvgIpc) is 2.48. The maximum Gasteiger partial charge on any atom is 0.340 e. The minimum Gasteiger partial charge on any atom is -0.456 e. The van der Waals surface area contributed by atoms with E-state index in [-0.39, 0.29) is 5.97 Å². The Labute approximate surface area is 83.8 Å². The highest BCUT2D eigenvalue weighted by atomic mass is 16.6. The second kappa shape index (κ2) is 3.74. The molecule has 0 saturated heterocycles. The third kappa shape index (κ3) is 2.80. The van der Waals surface area contributed by atoms with Crippen LogP contribution in [0.5, 0.6) is 0 Å². The lowest BCUT2D eigenvalue weighted by Gasteiger charge is -2.18. The largest absolute Gasteiger partial charge is 0.456 e. The average molecular weight is 196 g/mol. The van der Waals surface area contributed by atoms with Gasteiger partial charge in [0.1, 0.15) is 5.60 Å². The smallest absolute Gasteiger partial charge is 0.340 e. The van der Waals surface area contributed by atoms with E-state index in [1.165, 1.54) is 0 Å². The zero-order chi connectivity index (χ0) is 10.8. The fourth-order valence-electron chi connectivity index (χ4n) is 0.993. The van der Waals surface area contributed by atoms with Crippen molar-refractivity contribution in [2.75, 3.05) is 12.5 Å². The van der Waals surface area contributed by atoms with Gasteiger partial charge in [-0.25, -0.2) is 4.79 Å². The van der Waals surface area contributed by atoms with Crippen molar-refractivity contribution in [3.63, 3.8) is 0 Å². The minimum absolute atomic E-state index is 0.300. The van der Waals surface area contributed by atoms with Gasteiger partial charge in [-0.2, -0.15) is 0 Å². The monoisotopic (exact) mass is 196 g/mol. The molecule has 0 amide bonds. The zero-order valence-corrected chi connectivity index (χ0v) is 9.00. The topological polar surface area (TPSA) is 43.3 Å². The molecule has 0 radical (unpaired) electrons. The van der Waals surface area contributed by atoms with E-state index in [1.54, 1.807) is 30.2 Å². The third-order valence-corrected chi connectivity index (χ3v) is 1.59. The molecular formula is C10H16N2O2. The standard InChI is InChI=1S/C10H16N2O2/c1-10(2,3)14-9(13)8-5-6-12(7-8)11-4/h5-7,11H,1-4H3. The van der Waals surface area contributed by atoms with E-state index in [1.807, 2.05) is 20.8 Å². The summed E-state index contributed by atoms with van der Waals surface area (Å²) in [5, 5.41) is 0. The molecule has 78 valence electrons. The van der Waals surface area contributed by atoms with Gasteiger partial charge in [-0.3, -0.25) is 4.68 Å². The molecule has 14 heavy (non-hydrogen) atoms. The summed E-state index contributed by atoms with van der Waals surface area (Å²) in [6.45, 7) is 5.54. The van der Waals surface area contributed by atoms with Crippen LogP contribution in [-0.4, -0.2) is 23.3 Å². The maximum atomic E-state index is 11.5. The van der Waals surface area contributed by atoms with Crippen molar-refractivity contribution in [1.82, 2.24) is 4.68 Å². The van der Waals surface area contributed by atoms with Crippen LogP contribution >= 0.6 is 0 Å². The molecule has 4 heteroatoms. The molecule has 0 saturated carbocycles. The Balaban J connectivity index is 2.70. The number of ether oxygens (including phenoxy) is 1. The molecule has 1 N–H and O–H groups in total. The van der Waals surface area contributed by atoms with Crippen LogP contribution in [0, 0.1) is 0 Å². The van der Waals surface area contributed by atoms with Gasteiger partial charge in [-0.05, 0) is 26.8 Å². The van der Waals surface area contributed by atoms with Gasteiger partial charge in [0, 0.05) is 19.4 Å². The fourth-order valence-corrected chi connectivity index (χ4v) is 0.993. The van der Waals surface area contributed by atoms with Gasteiger partial charge in [0.15, 0.2) is 0 Å². The second-order valence-electron chi connectivity index (χ2n) is 4.03. The molecule has 0 aliphatic heterocycles. The van der Waals surface area contributed by atoms with E-state index in [9.17, 15) is 4.79 Å². The first kappa shape index (κ1) is 10.6. The highest BCUT2D eigenvalue weighted by Crippen LogP contribution is 2.11. The van der Waals surface area contributed by atoms with Gasteiger partial charge in [-0.1, -0.05) is 0 Å². The normalized spacial score (nSPS) is 11.1. The highest BCUT2D eigenvalue weighted by Gasteiger charge is 2.18. The van der Waals surface area contributed by atoms with Crippen LogP contribution in [0.15, 0.2) is 18.5 Å². The van der Waals surface area contributed by atoms with Gasteiger partial charge >= 0.3 is 5.97 Å². The molecule has 0 unspecified atom stereocenters. The molecule has 0 aliphatic rings. The number of hydrogen-bond donors (Lipinski definition) is 1. The Morgan fingerprint density at radius 1 is 1.50 bits per heavy atom. The molecule has 0 fully saturated rings. The van der Waals surface area contributed by atoms with Crippen molar-refractivity contribution in [2.24, 2.45) is 0 Å². The van der Waals surface area contributed by atoms with Crippen LogP contribution in [0.3, 0.4) is 0 Å². The Morgan fingerprint density at radius 3 is 2.57 bits per heavy atom. The number of hydrogen-bond acceptors (Lipinski definition) is 3. The first-order valence-electron chi connectivity index (χ1n) is 4.51. The van der Waals surface area contributed by atoms with Crippen LogP contribution in [0.4, 0.5) is 0 Å². The molecule has 0 aliphatic carbocycles. The number of rotatable bonds is 2. The lowest BCUT2D eigenvalue weighted by atomic mass is 10.2. The molecular weight excluding hydrogens is 180 g/mol. The number of aromatic nitrogens is 1. The predicted octanol–water partition coefficient (Wildman–Crippen LogP) is 1.62. The summed E-state index contributed by atoms with van der Waals surface area (Å²) in [5.74, 6) is -0.300. The maximum absolute atomic E-state index is 11.5. The van der Waals surface area contributed by atoms with Gasteiger partial charge in [0.2, 0.25) is 0 Å². The molecule has 0 aromatic carbocycles. The van der Waals surface area contributed by atoms with E-state index in [0.29, 0.717) is 5.56 Å². The van der Waals surface area contributed by atoms with Crippen LogP contribution in [0.25, 0.3) is 0 Å². The summed E-state index contributed by atoms with van der Waals surface area (Å²) in [6, 6.07) is 1.71. The van der Waals surface area contributed by atoms with Crippen LogP contribution in [0.2, 0.25) is 0 Å². The van der Waals surface area contributed by atoms with E-state index in [2.05, 4.69) is 5.43 Å². The number of carbonyl (C=O) groups excluding carboxylic acids is 1. The first-order valence-corrected chi connectivity index (χ1v) is 4.51. The molecule has 1 aromatic rings. The van der Waals surface area contributed by atoms with Crippen molar-refractivity contribution < 1.29 is 9.53 Å². The van der Waals surface area contributed by atoms with Gasteiger partial charge < -0.3 is 10.2 Å². The van der Waals surface area contributed by atoms with Crippen molar-refractivity contribution >= 4 is 5.97 Å². The van der Waals surface area contributed by atoms with Crippen molar-refractivity contribution in [3.05, 3.63) is 24.0 Å². The van der Waals surface area contributed by atoms with Crippen molar-refractivity contribution in [2.45, 2.75) is 26.4 Å². The Morgan fingerprint density at radius 2 is 2.14 bits per heavy atom. The summed E-state index contributed by atoms with van der Waals surface area (Å²) < 4.78 is 6.90. The van der Waals surface area contributed by atoms with E-state index >= 15 is 0 Å². The van der Waals surface area contributed by atoms with Crippen LogP contribution in [-0.2, 0) is 4.74 Å². The number of nitrogens with zero attached hydrogens (tertiary/aromatic N) is 1. The second-order valence-corrected chi connectivity index (χ2v) is 4.03. The van der Waals surface area contributed by atoms with Crippen LogP contribution < -0.4 is 5.43 Å². The van der Waals surface area contributed by atoms with E-state index in [0.717, 1.165) is 0 Å². The molecule has 4 nitrogen and oxygen atoms in total. The highest BCUT2D eigenvalue weighted by molar-refractivity contribution is 5.89. The van der Waals surface area contributed by atoms with Crippen molar-refractivity contribution in [3.8, 4) is 0 Å². The zero-order valence-electron chi connectivity index (χ0n) is 9.00. The Kier molecular flexibility index (Phi) is 2.84. The Bertz CT molecular complexity index is 323. The summed E-state index contributed by atoms with van der Waals surface area (Å²) in [5.41, 5.74) is 2.98. The molecule has 0 spiro atoms. The first-order chi connectivity index (χ1) is 6.42. The minimum atomic E-state index is -0.446. The lowest BCUT2D eigenvalue weighted by Crippen LogP contribution is -2.23. The van der Waals surface area contributed by atoms with E-state index < -0.39 is 5.60 Å². The number of esters is 1. The lowest BCUT2D eigenvalue weighted by molar-refractivity contribution is 0.00696.